The van der Waals surface area contributed by atoms with E-state index in [-0.39, 0.29) is 22.6 Å². The van der Waals surface area contributed by atoms with Gasteiger partial charge in [0.1, 0.15) is 5.75 Å². The molecule has 0 spiro atoms. The number of rotatable bonds is 5. The van der Waals surface area contributed by atoms with Gasteiger partial charge in [-0.1, -0.05) is 65.4 Å². The predicted molar refractivity (Wildman–Crippen MR) is 139 cm³/mol. The van der Waals surface area contributed by atoms with E-state index in [4.69, 9.17) is 4.74 Å². The number of methoxy groups -OCH3 is 1. The van der Waals surface area contributed by atoms with Crippen molar-refractivity contribution in [2.45, 2.75) is 17.9 Å². The second-order valence-corrected chi connectivity index (χ2v) is 10.2. The molecule has 1 aliphatic heterocycles. The molecule has 0 bridgehead atoms. The van der Waals surface area contributed by atoms with Crippen molar-refractivity contribution in [3.63, 3.8) is 0 Å². The van der Waals surface area contributed by atoms with Crippen molar-refractivity contribution < 1.29 is 9.53 Å². The van der Waals surface area contributed by atoms with Crippen LogP contribution in [0.1, 0.15) is 21.9 Å². The lowest BCUT2D eigenvalue weighted by atomic mass is 9.84. The Balaban J connectivity index is 1.61. The number of hydrogen-bond acceptors (Lipinski definition) is 5. The van der Waals surface area contributed by atoms with Crippen LogP contribution in [0.25, 0.3) is 5.69 Å². The van der Waals surface area contributed by atoms with E-state index in [2.05, 4.69) is 5.32 Å². The number of carbonyl (C=O) groups is 1. The second-order valence-electron chi connectivity index (χ2n) is 8.20. The third-order valence-electron chi connectivity index (χ3n) is 6.02. The molecule has 0 aliphatic carbocycles. The fourth-order valence-electron chi connectivity index (χ4n) is 4.34. The lowest BCUT2D eigenvalue weighted by Crippen LogP contribution is -2.33. The first-order valence-corrected chi connectivity index (χ1v) is 12.8. The van der Waals surface area contributed by atoms with E-state index in [1.54, 1.807) is 23.4 Å². The number of thiazole rings is 1. The van der Waals surface area contributed by atoms with Gasteiger partial charge in [-0.15, -0.1) is 11.8 Å². The molecule has 0 radical (unpaired) electrons. The van der Waals surface area contributed by atoms with Crippen LogP contribution >= 0.6 is 23.1 Å². The van der Waals surface area contributed by atoms with Crippen LogP contribution in [0.3, 0.4) is 0 Å². The number of hydrogen-bond donors (Lipinski definition) is 1. The number of thioether (sulfide) groups is 1. The van der Waals surface area contributed by atoms with Gasteiger partial charge in [0.15, 0.2) is 0 Å². The van der Waals surface area contributed by atoms with Crippen molar-refractivity contribution in [2.75, 3.05) is 18.2 Å². The summed E-state index contributed by atoms with van der Waals surface area (Å²) < 4.78 is 7.44. The smallest absolute Gasteiger partial charge is 0.312 e. The number of aromatic nitrogens is 1. The molecule has 0 saturated heterocycles. The average molecular weight is 489 g/mol. The topological polar surface area (TPSA) is 60.3 Å². The summed E-state index contributed by atoms with van der Waals surface area (Å²) in [6.07, 6.45) is 0. The number of aryl methyl sites for hydroxylation is 1. The van der Waals surface area contributed by atoms with Crippen molar-refractivity contribution in [2.24, 2.45) is 5.92 Å². The molecular formula is C27H24N2O3S2. The second kappa shape index (κ2) is 9.52. The number of ether oxygens (including phenoxy) is 1. The van der Waals surface area contributed by atoms with Crippen molar-refractivity contribution in [3.05, 3.63) is 105 Å². The highest BCUT2D eigenvalue weighted by atomic mass is 32.2. The summed E-state index contributed by atoms with van der Waals surface area (Å²) in [5, 5.41) is 3.99. The largest absolute Gasteiger partial charge is 0.496 e. The number of para-hydroxylation sites is 2. The first-order valence-electron chi connectivity index (χ1n) is 11.0. The summed E-state index contributed by atoms with van der Waals surface area (Å²) in [6.45, 7) is 2.02. The Morgan fingerprint density at radius 3 is 2.44 bits per heavy atom. The minimum atomic E-state index is -0.364. The Kier molecular flexibility index (Phi) is 6.30. The summed E-state index contributed by atoms with van der Waals surface area (Å²) in [7, 11) is 1.64. The molecule has 0 fully saturated rings. The van der Waals surface area contributed by atoms with E-state index >= 15 is 0 Å². The summed E-state index contributed by atoms with van der Waals surface area (Å²) >= 11 is 2.78. The fraction of sp³-hybridized carbons (Fsp3) is 0.185. The number of carbonyl (C=O) groups excluding carboxylic acids is 1. The quantitative estimate of drug-likeness (QED) is 0.391. The molecule has 5 rings (SSSR count). The minimum absolute atomic E-state index is 0.0526. The summed E-state index contributed by atoms with van der Waals surface area (Å²) in [5.41, 5.74) is 3.64. The molecule has 1 aromatic heterocycles. The van der Waals surface area contributed by atoms with E-state index in [1.807, 2.05) is 85.8 Å². The van der Waals surface area contributed by atoms with Crippen molar-refractivity contribution in [3.8, 4) is 11.4 Å². The molecule has 0 saturated carbocycles. The van der Waals surface area contributed by atoms with Crippen LogP contribution in [-0.4, -0.2) is 23.3 Å². The van der Waals surface area contributed by atoms with Gasteiger partial charge >= 0.3 is 4.87 Å². The maximum absolute atomic E-state index is 13.6. The number of fused-ring (bicyclic) bond motifs is 1. The maximum Gasteiger partial charge on any atom is 0.312 e. The third kappa shape index (κ3) is 4.17. The van der Waals surface area contributed by atoms with Gasteiger partial charge in [-0.05, 0) is 37.3 Å². The number of amides is 1. The van der Waals surface area contributed by atoms with Crippen LogP contribution in [0.4, 0.5) is 5.69 Å². The summed E-state index contributed by atoms with van der Waals surface area (Å²) in [5.74, 6) is 0.546. The van der Waals surface area contributed by atoms with Crippen LogP contribution < -0.4 is 14.9 Å². The Hall–Kier alpha value is -3.29. The van der Waals surface area contributed by atoms with Gasteiger partial charge in [-0.3, -0.25) is 14.2 Å². The lowest BCUT2D eigenvalue weighted by Gasteiger charge is -2.31. The molecule has 2 heterocycles. The first-order chi connectivity index (χ1) is 16.6. The van der Waals surface area contributed by atoms with Gasteiger partial charge in [-0.2, -0.15) is 0 Å². The molecule has 1 amide bonds. The zero-order valence-electron chi connectivity index (χ0n) is 18.9. The zero-order valence-corrected chi connectivity index (χ0v) is 20.5. The molecule has 7 heteroatoms. The average Bonchev–Trinajstić information content (AvgIpc) is 3.21. The predicted octanol–water partition coefficient (Wildman–Crippen LogP) is 5.71. The van der Waals surface area contributed by atoms with Gasteiger partial charge < -0.3 is 10.1 Å². The first kappa shape index (κ1) is 22.5. The highest BCUT2D eigenvalue weighted by Crippen LogP contribution is 2.49. The number of nitrogens with zero attached hydrogens (tertiary/aromatic N) is 1. The SMILES string of the molecule is COc1ccccc1[C@H]1c2sc(=O)n(-c3ccccc3)c2SC[C@H]1C(=O)Nc1ccc(C)cc1. The maximum atomic E-state index is 13.6. The third-order valence-corrected chi connectivity index (χ3v) is 8.38. The Bertz CT molecular complexity index is 1380. The summed E-state index contributed by atoms with van der Waals surface area (Å²) in [6, 6.07) is 25.2. The van der Waals surface area contributed by atoms with Crippen molar-refractivity contribution in [1.82, 2.24) is 4.57 Å². The molecule has 1 N–H and O–H groups in total. The normalized spacial score (nSPS) is 17.1. The summed E-state index contributed by atoms with van der Waals surface area (Å²) in [4.78, 5) is 27.6. The molecule has 1 aliphatic rings. The number of nitrogens with one attached hydrogen (secondary N) is 1. The van der Waals surface area contributed by atoms with E-state index in [1.165, 1.54) is 11.3 Å². The fourth-order valence-corrected chi connectivity index (χ4v) is 7.04. The molecule has 172 valence electrons. The monoisotopic (exact) mass is 488 g/mol. The molecule has 3 aromatic carbocycles. The lowest BCUT2D eigenvalue weighted by molar-refractivity contribution is -0.119. The highest BCUT2D eigenvalue weighted by Gasteiger charge is 2.40. The molecular weight excluding hydrogens is 464 g/mol. The van der Waals surface area contributed by atoms with Gasteiger partial charge in [0.2, 0.25) is 5.91 Å². The molecule has 0 unspecified atom stereocenters. The van der Waals surface area contributed by atoms with E-state index in [0.717, 1.165) is 32.4 Å². The van der Waals surface area contributed by atoms with Crippen molar-refractivity contribution in [1.29, 1.82) is 0 Å². The van der Waals surface area contributed by atoms with Crippen LogP contribution in [0, 0.1) is 12.8 Å². The van der Waals surface area contributed by atoms with Gasteiger partial charge in [0.25, 0.3) is 0 Å². The Morgan fingerprint density at radius 2 is 1.71 bits per heavy atom. The zero-order chi connectivity index (χ0) is 23.7. The van der Waals surface area contributed by atoms with Gasteiger partial charge in [0, 0.05) is 27.8 Å². The van der Waals surface area contributed by atoms with E-state index in [0.29, 0.717) is 11.5 Å². The van der Waals surface area contributed by atoms with Crippen LogP contribution in [0.15, 0.2) is 88.7 Å². The van der Waals surface area contributed by atoms with Crippen LogP contribution in [0.5, 0.6) is 5.75 Å². The van der Waals surface area contributed by atoms with Gasteiger partial charge in [-0.25, -0.2) is 0 Å². The van der Waals surface area contributed by atoms with Crippen LogP contribution in [0.2, 0.25) is 0 Å². The number of benzene rings is 3. The van der Waals surface area contributed by atoms with E-state index < -0.39 is 0 Å². The van der Waals surface area contributed by atoms with Gasteiger partial charge in [0.05, 0.1) is 23.7 Å². The molecule has 2 atom stereocenters. The Labute approximate surface area is 206 Å². The Morgan fingerprint density at radius 1 is 1.00 bits per heavy atom. The highest BCUT2D eigenvalue weighted by molar-refractivity contribution is 7.99. The molecule has 5 nitrogen and oxygen atoms in total. The van der Waals surface area contributed by atoms with Crippen molar-refractivity contribution >= 4 is 34.7 Å². The minimum Gasteiger partial charge on any atom is -0.496 e. The molecule has 4 aromatic rings. The standard InChI is InChI=1S/C27H24N2O3S2/c1-17-12-14-18(15-13-17)28-25(30)21-16-33-26-24(23(21)20-10-6-7-11-22(20)32-2)34-27(31)29(26)19-8-4-3-5-9-19/h3-15,21,23H,16H2,1-2H3,(H,28,30)/t21-,23-/m1/s1. The van der Waals surface area contributed by atoms with E-state index in [9.17, 15) is 9.59 Å². The van der Waals surface area contributed by atoms with Crippen LogP contribution in [-0.2, 0) is 4.79 Å². The molecule has 34 heavy (non-hydrogen) atoms. The number of anilines is 1.